The van der Waals surface area contributed by atoms with Crippen LogP contribution in [0.3, 0.4) is 0 Å². The van der Waals surface area contributed by atoms with Crippen LogP contribution in [0.4, 0.5) is 5.69 Å². The average molecular weight is 363 g/mol. The Morgan fingerprint density at radius 3 is 2.62 bits per heavy atom. The Hall–Kier alpha value is -1.59. The summed E-state index contributed by atoms with van der Waals surface area (Å²) >= 11 is 5.24. The predicted molar refractivity (Wildman–Crippen MR) is 90.7 cm³/mol. The third-order valence-electron chi connectivity index (χ3n) is 3.20. The van der Waals surface area contributed by atoms with E-state index in [1.807, 2.05) is 6.92 Å². The van der Waals surface area contributed by atoms with Crippen molar-refractivity contribution in [3.63, 3.8) is 0 Å². The zero-order valence-corrected chi connectivity index (χ0v) is 14.2. The van der Waals surface area contributed by atoms with Gasteiger partial charge in [-0.05, 0) is 41.1 Å². The van der Waals surface area contributed by atoms with Gasteiger partial charge in [0, 0.05) is 32.9 Å². The predicted octanol–water partition coefficient (Wildman–Crippen LogP) is 5.65. The Balaban J connectivity index is 1.72. The molecule has 0 aliphatic rings. The Bertz CT molecular complexity index is 733. The largest absolute Gasteiger partial charge is 0.449 e. The summed E-state index contributed by atoms with van der Waals surface area (Å²) < 4.78 is 6.38. The molecule has 3 rings (SSSR count). The average Bonchev–Trinajstić information content (AvgIpc) is 3.08. The molecule has 5 heteroatoms. The molecule has 0 aliphatic heterocycles. The van der Waals surface area contributed by atoms with Gasteiger partial charge in [0.1, 0.15) is 12.0 Å². The molecule has 3 aromatic rings. The van der Waals surface area contributed by atoms with Gasteiger partial charge >= 0.3 is 0 Å². The normalized spacial score (nSPS) is 12.3. The van der Waals surface area contributed by atoms with E-state index >= 15 is 0 Å². The summed E-state index contributed by atoms with van der Waals surface area (Å²) in [4.78, 5) is 5.64. The van der Waals surface area contributed by atoms with Crippen molar-refractivity contribution in [1.29, 1.82) is 0 Å². The van der Waals surface area contributed by atoms with Crippen LogP contribution in [0.5, 0.6) is 0 Å². The Kier molecular flexibility index (Phi) is 4.12. The Morgan fingerprint density at radius 2 is 2.05 bits per heavy atom. The van der Waals surface area contributed by atoms with Crippen LogP contribution in [-0.4, -0.2) is 4.98 Å². The van der Waals surface area contributed by atoms with Gasteiger partial charge in [-0.25, -0.2) is 4.98 Å². The minimum atomic E-state index is 0.279. The van der Waals surface area contributed by atoms with Crippen molar-refractivity contribution >= 4 is 33.0 Å². The van der Waals surface area contributed by atoms with E-state index in [0.717, 1.165) is 21.4 Å². The lowest BCUT2D eigenvalue weighted by molar-refractivity contribution is 0.521. The fraction of sp³-hybridized carbons (Fsp3) is 0.188. The highest BCUT2D eigenvalue weighted by molar-refractivity contribution is 9.10. The number of aryl methyl sites for hydroxylation is 1. The molecule has 3 nitrogen and oxygen atoms in total. The standard InChI is InChI=1S/C16H15BrN2OS/c1-10(16-7-13(17)9-21-16)18-14-5-3-12(4-6-14)15-8-20-11(2)19-15/h3-10,18H,1-2H3. The van der Waals surface area contributed by atoms with Gasteiger partial charge in [0.25, 0.3) is 0 Å². The van der Waals surface area contributed by atoms with E-state index in [2.05, 4.69) is 68.9 Å². The van der Waals surface area contributed by atoms with Crippen LogP contribution in [0.15, 0.2) is 50.9 Å². The quantitative estimate of drug-likeness (QED) is 0.651. The van der Waals surface area contributed by atoms with Crippen LogP contribution in [0.25, 0.3) is 11.3 Å². The second kappa shape index (κ2) is 6.03. The molecule has 1 aromatic carbocycles. The first-order chi connectivity index (χ1) is 10.1. The zero-order valence-electron chi connectivity index (χ0n) is 11.8. The van der Waals surface area contributed by atoms with Crippen molar-refractivity contribution in [2.75, 3.05) is 5.32 Å². The van der Waals surface area contributed by atoms with Crippen LogP contribution < -0.4 is 5.32 Å². The lowest BCUT2D eigenvalue weighted by Gasteiger charge is -2.13. The molecule has 21 heavy (non-hydrogen) atoms. The minimum absolute atomic E-state index is 0.279. The third kappa shape index (κ3) is 3.36. The van der Waals surface area contributed by atoms with Gasteiger partial charge in [0.2, 0.25) is 0 Å². The lowest BCUT2D eigenvalue weighted by Crippen LogP contribution is -2.04. The van der Waals surface area contributed by atoms with Crippen LogP contribution >= 0.6 is 27.3 Å². The highest BCUT2D eigenvalue weighted by atomic mass is 79.9. The van der Waals surface area contributed by atoms with Gasteiger partial charge in [0.05, 0.1) is 6.04 Å². The van der Waals surface area contributed by atoms with E-state index < -0.39 is 0 Å². The van der Waals surface area contributed by atoms with Gasteiger partial charge in [-0.3, -0.25) is 0 Å². The van der Waals surface area contributed by atoms with Crippen molar-refractivity contribution in [3.8, 4) is 11.3 Å². The molecule has 0 fully saturated rings. The van der Waals surface area contributed by atoms with Crippen molar-refractivity contribution in [3.05, 3.63) is 57.2 Å². The maximum atomic E-state index is 5.24. The molecule has 1 N–H and O–H groups in total. The summed E-state index contributed by atoms with van der Waals surface area (Å²) in [7, 11) is 0. The van der Waals surface area contributed by atoms with Crippen molar-refractivity contribution in [2.24, 2.45) is 0 Å². The first kappa shape index (κ1) is 14.4. The molecule has 108 valence electrons. The van der Waals surface area contributed by atoms with Crippen molar-refractivity contribution < 1.29 is 4.42 Å². The number of thiophene rings is 1. The summed E-state index contributed by atoms with van der Waals surface area (Å²) in [5.41, 5.74) is 3.02. The minimum Gasteiger partial charge on any atom is -0.449 e. The van der Waals surface area contributed by atoms with E-state index in [1.54, 1.807) is 17.6 Å². The number of nitrogens with one attached hydrogen (secondary N) is 1. The maximum Gasteiger partial charge on any atom is 0.191 e. The number of anilines is 1. The van der Waals surface area contributed by atoms with E-state index in [1.165, 1.54) is 4.88 Å². The zero-order chi connectivity index (χ0) is 14.8. The van der Waals surface area contributed by atoms with E-state index in [4.69, 9.17) is 4.42 Å². The molecule has 0 radical (unpaired) electrons. The van der Waals surface area contributed by atoms with Crippen LogP contribution in [0, 0.1) is 6.92 Å². The van der Waals surface area contributed by atoms with Crippen LogP contribution in [0.2, 0.25) is 0 Å². The number of rotatable bonds is 4. The van der Waals surface area contributed by atoms with E-state index in [0.29, 0.717) is 5.89 Å². The van der Waals surface area contributed by atoms with Gasteiger partial charge in [-0.2, -0.15) is 0 Å². The Morgan fingerprint density at radius 1 is 1.29 bits per heavy atom. The number of hydrogen-bond acceptors (Lipinski definition) is 4. The first-order valence-electron chi connectivity index (χ1n) is 6.65. The molecular weight excluding hydrogens is 348 g/mol. The molecule has 0 aliphatic carbocycles. The van der Waals surface area contributed by atoms with Gasteiger partial charge in [0.15, 0.2) is 5.89 Å². The molecule has 0 saturated heterocycles. The molecule has 0 amide bonds. The summed E-state index contributed by atoms with van der Waals surface area (Å²) in [6, 6.07) is 10.7. The highest BCUT2D eigenvalue weighted by Gasteiger charge is 2.08. The molecule has 0 bridgehead atoms. The van der Waals surface area contributed by atoms with Crippen LogP contribution in [-0.2, 0) is 0 Å². The molecule has 1 atom stereocenters. The molecule has 2 heterocycles. The SMILES string of the molecule is Cc1nc(-c2ccc(NC(C)c3cc(Br)cs3)cc2)co1. The third-order valence-corrected chi connectivity index (χ3v) is 5.07. The highest BCUT2D eigenvalue weighted by Crippen LogP contribution is 2.28. The lowest BCUT2D eigenvalue weighted by atomic mass is 10.1. The fourth-order valence-corrected chi connectivity index (χ4v) is 3.56. The monoisotopic (exact) mass is 362 g/mol. The number of benzene rings is 1. The summed E-state index contributed by atoms with van der Waals surface area (Å²) in [5.74, 6) is 0.684. The Labute approximate surface area is 136 Å². The topological polar surface area (TPSA) is 38.1 Å². The number of nitrogens with zero attached hydrogens (tertiary/aromatic N) is 1. The summed E-state index contributed by atoms with van der Waals surface area (Å²) in [6.07, 6.45) is 1.68. The van der Waals surface area contributed by atoms with Crippen LogP contribution in [0.1, 0.15) is 23.7 Å². The maximum absolute atomic E-state index is 5.24. The number of hydrogen-bond donors (Lipinski definition) is 1. The molecule has 2 aromatic heterocycles. The first-order valence-corrected chi connectivity index (χ1v) is 8.32. The number of oxazole rings is 1. The van der Waals surface area contributed by atoms with Gasteiger partial charge in [-0.1, -0.05) is 12.1 Å². The molecule has 1 unspecified atom stereocenters. The van der Waals surface area contributed by atoms with Gasteiger partial charge < -0.3 is 9.73 Å². The van der Waals surface area contributed by atoms with E-state index in [9.17, 15) is 0 Å². The number of halogens is 1. The molecule has 0 spiro atoms. The fourth-order valence-electron chi connectivity index (χ4n) is 2.11. The second-order valence-corrected chi connectivity index (χ2v) is 6.72. The summed E-state index contributed by atoms with van der Waals surface area (Å²) in [5, 5.41) is 5.60. The van der Waals surface area contributed by atoms with Gasteiger partial charge in [-0.15, -0.1) is 11.3 Å². The van der Waals surface area contributed by atoms with E-state index in [-0.39, 0.29) is 6.04 Å². The molecule has 0 saturated carbocycles. The van der Waals surface area contributed by atoms with Crippen molar-refractivity contribution in [1.82, 2.24) is 4.98 Å². The second-order valence-electron chi connectivity index (χ2n) is 4.86. The smallest absolute Gasteiger partial charge is 0.191 e. The summed E-state index contributed by atoms with van der Waals surface area (Å²) in [6.45, 7) is 4.01. The van der Waals surface area contributed by atoms with Crippen molar-refractivity contribution in [2.45, 2.75) is 19.9 Å². The number of aromatic nitrogens is 1. The molecular formula is C16H15BrN2OS.